The van der Waals surface area contributed by atoms with E-state index < -0.39 is 10.8 Å². The first kappa shape index (κ1) is 14.8. The van der Waals surface area contributed by atoms with E-state index in [1.807, 2.05) is 19.1 Å². The lowest BCUT2D eigenvalue weighted by atomic mass is 10.1. The van der Waals surface area contributed by atoms with Gasteiger partial charge in [0.25, 0.3) is 5.91 Å². The fourth-order valence-corrected chi connectivity index (χ4v) is 1.95. The number of hydrogen-bond donors (Lipinski definition) is 1. The molecule has 1 atom stereocenters. The molecule has 1 amide bonds. The Hall–Kier alpha value is -2.64. The van der Waals surface area contributed by atoms with Crippen molar-refractivity contribution in [3.63, 3.8) is 0 Å². The molecule has 0 aliphatic heterocycles. The van der Waals surface area contributed by atoms with Crippen molar-refractivity contribution in [2.75, 3.05) is 7.05 Å². The Morgan fingerprint density at radius 1 is 1.62 bits per heavy atom. The number of furan rings is 1. The Morgan fingerprint density at radius 3 is 3.00 bits per heavy atom. The van der Waals surface area contributed by atoms with E-state index >= 15 is 0 Å². The highest BCUT2D eigenvalue weighted by Crippen LogP contribution is 2.18. The lowest BCUT2D eigenvalue weighted by Gasteiger charge is -2.23. The van der Waals surface area contributed by atoms with E-state index in [1.165, 1.54) is 4.90 Å². The van der Waals surface area contributed by atoms with Crippen LogP contribution in [-0.2, 0) is 6.42 Å². The van der Waals surface area contributed by atoms with E-state index in [1.54, 1.807) is 13.3 Å². The summed E-state index contributed by atoms with van der Waals surface area (Å²) in [4.78, 5) is 23.9. The number of nitrogens with zero attached hydrogens (tertiary/aromatic N) is 3. The molecule has 0 aliphatic rings. The number of nitro groups is 1. The highest BCUT2D eigenvalue weighted by Gasteiger charge is 2.27. The predicted molar refractivity (Wildman–Crippen MR) is 73.8 cm³/mol. The molecule has 0 saturated carbocycles. The summed E-state index contributed by atoms with van der Waals surface area (Å²) < 4.78 is 5.24. The second kappa shape index (κ2) is 6.21. The molecule has 0 aromatic carbocycles. The number of rotatable bonds is 6. The minimum atomic E-state index is -0.627. The molecule has 2 aromatic rings. The van der Waals surface area contributed by atoms with Crippen LogP contribution < -0.4 is 0 Å². The van der Waals surface area contributed by atoms with E-state index in [0.717, 1.165) is 12.0 Å². The van der Waals surface area contributed by atoms with Crippen molar-refractivity contribution < 1.29 is 14.1 Å². The number of H-pyrrole nitrogens is 1. The standard InChI is InChI=1S/C13H16N4O4/c1-9(5-6-10-4-3-7-21-10)16(2)13(18)12-11(17(19)20)8-14-15-12/h3-4,7-9H,5-6H2,1-2H3,(H,14,15). The van der Waals surface area contributed by atoms with Crippen LogP contribution in [0.25, 0.3) is 0 Å². The fraction of sp³-hybridized carbons (Fsp3) is 0.385. The van der Waals surface area contributed by atoms with Gasteiger partial charge >= 0.3 is 5.69 Å². The van der Waals surface area contributed by atoms with Crippen LogP contribution in [0.15, 0.2) is 29.0 Å². The number of carbonyl (C=O) groups is 1. The lowest BCUT2D eigenvalue weighted by Crippen LogP contribution is -2.35. The van der Waals surface area contributed by atoms with E-state index in [4.69, 9.17) is 4.42 Å². The first-order chi connectivity index (χ1) is 10.0. The minimum Gasteiger partial charge on any atom is -0.469 e. The second-order valence-electron chi connectivity index (χ2n) is 4.77. The first-order valence-corrected chi connectivity index (χ1v) is 6.48. The highest BCUT2D eigenvalue weighted by atomic mass is 16.6. The van der Waals surface area contributed by atoms with Gasteiger partial charge in [-0.15, -0.1) is 0 Å². The maximum absolute atomic E-state index is 12.3. The topological polar surface area (TPSA) is 105 Å². The maximum atomic E-state index is 12.3. The van der Waals surface area contributed by atoms with Crippen LogP contribution in [0.3, 0.4) is 0 Å². The lowest BCUT2D eigenvalue weighted by molar-refractivity contribution is -0.385. The summed E-state index contributed by atoms with van der Waals surface area (Å²) in [6.45, 7) is 1.88. The van der Waals surface area contributed by atoms with Gasteiger partial charge in [-0.2, -0.15) is 5.10 Å². The van der Waals surface area contributed by atoms with E-state index in [-0.39, 0.29) is 17.4 Å². The van der Waals surface area contributed by atoms with Gasteiger partial charge in [-0.1, -0.05) is 0 Å². The number of nitrogens with one attached hydrogen (secondary N) is 1. The van der Waals surface area contributed by atoms with Gasteiger partial charge in [-0.3, -0.25) is 20.0 Å². The summed E-state index contributed by atoms with van der Waals surface area (Å²) in [5.74, 6) is 0.390. The van der Waals surface area contributed by atoms with Gasteiger partial charge in [-0.05, 0) is 25.5 Å². The summed E-state index contributed by atoms with van der Waals surface area (Å²) in [6.07, 6.45) is 4.02. The van der Waals surface area contributed by atoms with Crippen molar-refractivity contribution in [2.45, 2.75) is 25.8 Å². The van der Waals surface area contributed by atoms with Crippen LogP contribution in [0, 0.1) is 10.1 Å². The maximum Gasteiger partial charge on any atom is 0.319 e. The molecule has 0 aliphatic carbocycles. The van der Waals surface area contributed by atoms with Crippen molar-refractivity contribution in [3.05, 3.63) is 46.2 Å². The molecule has 2 heterocycles. The zero-order valence-corrected chi connectivity index (χ0v) is 11.8. The molecule has 8 nitrogen and oxygen atoms in total. The third-order valence-electron chi connectivity index (χ3n) is 3.40. The summed E-state index contributed by atoms with van der Waals surface area (Å²) in [6, 6.07) is 3.59. The molecule has 0 bridgehead atoms. The fourth-order valence-electron chi connectivity index (χ4n) is 1.95. The second-order valence-corrected chi connectivity index (χ2v) is 4.77. The van der Waals surface area contributed by atoms with Gasteiger partial charge in [0.15, 0.2) is 0 Å². The SMILES string of the molecule is CC(CCc1ccco1)N(C)C(=O)c1[nH]ncc1[N+](=O)[O-]. The van der Waals surface area contributed by atoms with Crippen molar-refractivity contribution in [1.82, 2.24) is 15.1 Å². The molecule has 21 heavy (non-hydrogen) atoms. The summed E-state index contributed by atoms with van der Waals surface area (Å²) in [5.41, 5.74) is -0.419. The minimum absolute atomic E-state index is 0.0921. The van der Waals surface area contributed by atoms with Crippen LogP contribution in [0.5, 0.6) is 0 Å². The average Bonchev–Trinajstić information content (AvgIpc) is 3.13. The molecule has 8 heteroatoms. The average molecular weight is 292 g/mol. The summed E-state index contributed by atoms with van der Waals surface area (Å²) in [5, 5.41) is 16.8. The molecule has 0 spiro atoms. The van der Waals surface area contributed by atoms with Gasteiger partial charge in [0.05, 0.1) is 11.2 Å². The number of aromatic nitrogens is 2. The smallest absolute Gasteiger partial charge is 0.319 e. The summed E-state index contributed by atoms with van der Waals surface area (Å²) >= 11 is 0. The van der Waals surface area contributed by atoms with Gasteiger partial charge in [0, 0.05) is 19.5 Å². The van der Waals surface area contributed by atoms with Gasteiger partial charge in [0.2, 0.25) is 5.69 Å². The normalized spacial score (nSPS) is 12.1. The van der Waals surface area contributed by atoms with E-state index in [2.05, 4.69) is 10.2 Å². The van der Waals surface area contributed by atoms with E-state index in [9.17, 15) is 14.9 Å². The van der Waals surface area contributed by atoms with Crippen molar-refractivity contribution >= 4 is 11.6 Å². The molecule has 112 valence electrons. The number of amides is 1. The molecule has 1 N–H and O–H groups in total. The van der Waals surface area contributed by atoms with Crippen molar-refractivity contribution in [2.24, 2.45) is 0 Å². The number of hydrogen-bond acceptors (Lipinski definition) is 5. The molecular formula is C13H16N4O4. The Bertz CT molecular complexity index is 620. The van der Waals surface area contributed by atoms with Crippen LogP contribution in [0.4, 0.5) is 5.69 Å². The Morgan fingerprint density at radius 2 is 2.38 bits per heavy atom. The zero-order valence-electron chi connectivity index (χ0n) is 11.8. The first-order valence-electron chi connectivity index (χ1n) is 6.48. The van der Waals surface area contributed by atoms with Gasteiger partial charge < -0.3 is 9.32 Å². The number of aromatic amines is 1. The molecule has 0 saturated heterocycles. The number of aryl methyl sites for hydroxylation is 1. The molecule has 2 aromatic heterocycles. The quantitative estimate of drug-likeness (QED) is 0.647. The van der Waals surface area contributed by atoms with Crippen LogP contribution >= 0.6 is 0 Å². The molecular weight excluding hydrogens is 276 g/mol. The van der Waals surface area contributed by atoms with Crippen molar-refractivity contribution in [1.29, 1.82) is 0 Å². The summed E-state index contributed by atoms with van der Waals surface area (Å²) in [7, 11) is 1.61. The molecule has 0 radical (unpaired) electrons. The van der Waals surface area contributed by atoms with E-state index in [0.29, 0.717) is 12.8 Å². The molecule has 0 fully saturated rings. The van der Waals surface area contributed by atoms with Crippen LogP contribution in [0.2, 0.25) is 0 Å². The largest absolute Gasteiger partial charge is 0.469 e. The van der Waals surface area contributed by atoms with Crippen LogP contribution in [0.1, 0.15) is 29.6 Å². The van der Waals surface area contributed by atoms with Crippen LogP contribution in [-0.4, -0.2) is 39.0 Å². The molecule has 2 rings (SSSR count). The van der Waals surface area contributed by atoms with Crippen molar-refractivity contribution in [3.8, 4) is 0 Å². The zero-order chi connectivity index (χ0) is 15.4. The molecule has 1 unspecified atom stereocenters. The predicted octanol–water partition coefficient (Wildman–Crippen LogP) is 2.00. The Labute approximate surface area is 120 Å². The Balaban J connectivity index is 2.01. The third-order valence-corrected chi connectivity index (χ3v) is 3.40. The van der Waals surface area contributed by atoms with Gasteiger partial charge in [0.1, 0.15) is 12.0 Å². The highest BCUT2D eigenvalue weighted by molar-refractivity contribution is 5.96. The third kappa shape index (κ3) is 3.28. The number of carbonyl (C=O) groups excluding carboxylic acids is 1. The Kier molecular flexibility index (Phi) is 4.36. The van der Waals surface area contributed by atoms with Gasteiger partial charge in [-0.25, -0.2) is 0 Å². The monoisotopic (exact) mass is 292 g/mol.